The van der Waals surface area contributed by atoms with Crippen molar-refractivity contribution in [3.05, 3.63) is 52.9 Å². The number of aromatic nitrogens is 1. The molecular weight excluding hydrogens is 334 g/mol. The maximum atomic E-state index is 11.3. The number of nitrogens with zero attached hydrogens (tertiary/aromatic N) is 1. The van der Waals surface area contributed by atoms with Crippen molar-refractivity contribution < 1.29 is 24.0 Å². The highest BCUT2D eigenvalue weighted by Crippen LogP contribution is 2.45. The van der Waals surface area contributed by atoms with Crippen LogP contribution in [-0.4, -0.2) is 29.1 Å². The van der Waals surface area contributed by atoms with E-state index in [0.717, 1.165) is 30.4 Å². The Bertz CT molecular complexity index is 736. The molecule has 0 radical (unpaired) electrons. The first-order chi connectivity index (χ1) is 12.7. The third-order valence-corrected chi connectivity index (χ3v) is 4.64. The molecule has 1 aliphatic carbocycles. The number of carbonyl (C=O) groups excluding carboxylic acids is 1. The Kier molecular flexibility index (Phi) is 6.17. The van der Waals surface area contributed by atoms with Crippen LogP contribution in [0.4, 0.5) is 0 Å². The van der Waals surface area contributed by atoms with Crippen LogP contribution in [0.5, 0.6) is 0 Å². The van der Waals surface area contributed by atoms with E-state index in [0.29, 0.717) is 31.6 Å². The summed E-state index contributed by atoms with van der Waals surface area (Å²) >= 11 is 0. The van der Waals surface area contributed by atoms with Crippen molar-refractivity contribution in [3.63, 3.8) is 0 Å². The molecule has 0 bridgehead atoms. The zero-order valence-corrected chi connectivity index (χ0v) is 14.6. The van der Waals surface area contributed by atoms with Crippen LogP contribution in [0.15, 0.2) is 34.9 Å². The molecule has 0 aliphatic heterocycles. The van der Waals surface area contributed by atoms with Gasteiger partial charge >= 0.3 is 5.97 Å². The quantitative estimate of drug-likeness (QED) is 0.484. The topological polar surface area (TPSA) is 89.6 Å². The van der Waals surface area contributed by atoms with Crippen LogP contribution in [0, 0.1) is 0 Å². The first kappa shape index (κ1) is 18.3. The van der Waals surface area contributed by atoms with Crippen LogP contribution < -0.4 is 0 Å². The lowest BCUT2D eigenvalue weighted by Gasteiger charge is -2.14. The molecule has 1 unspecified atom stereocenters. The Hall–Kier alpha value is -2.47. The van der Waals surface area contributed by atoms with Crippen LogP contribution in [0.2, 0.25) is 0 Å². The third kappa shape index (κ3) is 4.79. The molecule has 1 aromatic carbocycles. The van der Waals surface area contributed by atoms with Gasteiger partial charge in [0.2, 0.25) is 5.76 Å². The van der Waals surface area contributed by atoms with Gasteiger partial charge in [-0.05, 0) is 37.2 Å². The first-order valence-electron chi connectivity index (χ1n) is 8.97. The van der Waals surface area contributed by atoms with Crippen molar-refractivity contribution >= 4 is 12.3 Å². The molecule has 0 amide bonds. The lowest BCUT2D eigenvalue weighted by Crippen LogP contribution is -2.10. The van der Waals surface area contributed by atoms with Gasteiger partial charge < -0.3 is 14.4 Å². The smallest absolute Gasteiger partial charge is 0.304 e. The second kappa shape index (κ2) is 8.76. The van der Waals surface area contributed by atoms with Crippen LogP contribution >= 0.6 is 0 Å². The van der Waals surface area contributed by atoms with Gasteiger partial charge in [0.25, 0.3) is 0 Å². The summed E-state index contributed by atoms with van der Waals surface area (Å²) in [4.78, 5) is 22.5. The SMILES string of the molecule is O=Cc1onc(C(CCCOCc2ccccc2)CC(=O)O)c1C1CC1. The Morgan fingerprint density at radius 2 is 2.12 bits per heavy atom. The fourth-order valence-corrected chi connectivity index (χ4v) is 3.23. The normalized spacial score (nSPS) is 14.9. The van der Waals surface area contributed by atoms with Crippen molar-refractivity contribution in [1.82, 2.24) is 5.16 Å². The minimum Gasteiger partial charge on any atom is -0.481 e. The third-order valence-electron chi connectivity index (χ3n) is 4.64. The summed E-state index contributed by atoms with van der Waals surface area (Å²) in [7, 11) is 0. The van der Waals surface area contributed by atoms with E-state index in [9.17, 15) is 14.7 Å². The summed E-state index contributed by atoms with van der Waals surface area (Å²) < 4.78 is 10.8. The molecule has 1 aliphatic rings. The van der Waals surface area contributed by atoms with Crippen molar-refractivity contribution in [2.45, 2.75) is 50.5 Å². The minimum atomic E-state index is -0.877. The standard InChI is InChI=1S/C20H23NO5/c22-12-17-19(15-8-9-15)20(21-26-17)16(11-18(23)24)7-4-10-25-13-14-5-2-1-3-6-14/h1-3,5-6,12,15-16H,4,7-11,13H2,(H,23,24). The van der Waals surface area contributed by atoms with E-state index in [1.165, 1.54) is 0 Å². The number of benzene rings is 1. The second-order valence-electron chi connectivity index (χ2n) is 6.71. The van der Waals surface area contributed by atoms with E-state index in [-0.39, 0.29) is 24.0 Å². The summed E-state index contributed by atoms with van der Waals surface area (Å²) in [6, 6.07) is 9.91. The van der Waals surface area contributed by atoms with Gasteiger partial charge in [0, 0.05) is 18.1 Å². The summed E-state index contributed by atoms with van der Waals surface area (Å²) in [5.74, 6) is -0.612. The predicted octanol–water partition coefficient (Wildman–Crippen LogP) is 3.92. The van der Waals surface area contributed by atoms with E-state index in [2.05, 4.69) is 5.16 Å². The fourth-order valence-electron chi connectivity index (χ4n) is 3.23. The van der Waals surface area contributed by atoms with Crippen molar-refractivity contribution in [1.29, 1.82) is 0 Å². The van der Waals surface area contributed by atoms with Crippen LogP contribution in [-0.2, 0) is 16.1 Å². The molecule has 1 aromatic heterocycles. The van der Waals surface area contributed by atoms with Gasteiger partial charge in [-0.15, -0.1) is 0 Å². The Balaban J connectivity index is 1.57. The number of aliphatic carboxylic acids is 1. The highest BCUT2D eigenvalue weighted by Gasteiger charge is 2.35. The average Bonchev–Trinajstić information content (AvgIpc) is 3.39. The molecule has 26 heavy (non-hydrogen) atoms. The highest BCUT2D eigenvalue weighted by molar-refractivity contribution is 5.74. The summed E-state index contributed by atoms with van der Waals surface area (Å²) in [6.45, 7) is 1.08. The maximum Gasteiger partial charge on any atom is 0.304 e. The molecule has 1 N–H and O–H groups in total. The number of carbonyl (C=O) groups is 2. The van der Waals surface area contributed by atoms with E-state index in [4.69, 9.17) is 9.26 Å². The molecule has 1 atom stereocenters. The maximum absolute atomic E-state index is 11.3. The lowest BCUT2D eigenvalue weighted by molar-refractivity contribution is -0.137. The van der Waals surface area contributed by atoms with Gasteiger partial charge in [-0.1, -0.05) is 35.5 Å². The minimum absolute atomic E-state index is 0.0246. The van der Waals surface area contributed by atoms with Crippen LogP contribution in [0.25, 0.3) is 0 Å². The molecule has 0 spiro atoms. The van der Waals surface area contributed by atoms with Crippen LogP contribution in [0.3, 0.4) is 0 Å². The zero-order chi connectivity index (χ0) is 18.4. The van der Waals surface area contributed by atoms with Gasteiger partial charge in [0.15, 0.2) is 6.29 Å². The largest absolute Gasteiger partial charge is 0.481 e. The van der Waals surface area contributed by atoms with Crippen molar-refractivity contribution in [2.75, 3.05) is 6.61 Å². The predicted molar refractivity (Wildman–Crippen MR) is 94.2 cm³/mol. The Labute approximate surface area is 152 Å². The Morgan fingerprint density at radius 3 is 2.77 bits per heavy atom. The van der Waals surface area contributed by atoms with Gasteiger partial charge in [-0.3, -0.25) is 9.59 Å². The van der Waals surface area contributed by atoms with Crippen LogP contribution in [0.1, 0.15) is 71.3 Å². The summed E-state index contributed by atoms with van der Waals surface area (Å²) in [5, 5.41) is 13.3. The summed E-state index contributed by atoms with van der Waals surface area (Å²) in [6.07, 6.45) is 3.99. The monoisotopic (exact) mass is 357 g/mol. The molecule has 1 heterocycles. The zero-order valence-electron chi connectivity index (χ0n) is 14.6. The molecule has 138 valence electrons. The van der Waals surface area contributed by atoms with Crippen molar-refractivity contribution in [2.24, 2.45) is 0 Å². The molecular formula is C20H23NO5. The molecule has 0 saturated heterocycles. The number of aldehydes is 1. The first-order valence-corrected chi connectivity index (χ1v) is 8.97. The highest BCUT2D eigenvalue weighted by atomic mass is 16.5. The number of rotatable bonds is 11. The molecule has 6 nitrogen and oxygen atoms in total. The number of hydrogen-bond acceptors (Lipinski definition) is 5. The molecule has 6 heteroatoms. The molecule has 3 rings (SSSR count). The number of hydrogen-bond donors (Lipinski definition) is 1. The average molecular weight is 357 g/mol. The number of carboxylic acid groups (broad SMARTS) is 1. The summed E-state index contributed by atoms with van der Waals surface area (Å²) in [5.41, 5.74) is 2.56. The van der Waals surface area contributed by atoms with E-state index in [1.54, 1.807) is 0 Å². The molecule has 1 saturated carbocycles. The van der Waals surface area contributed by atoms with Gasteiger partial charge in [-0.25, -0.2) is 0 Å². The Morgan fingerprint density at radius 1 is 1.35 bits per heavy atom. The molecule has 2 aromatic rings. The van der Waals surface area contributed by atoms with E-state index in [1.807, 2.05) is 30.3 Å². The van der Waals surface area contributed by atoms with E-state index >= 15 is 0 Å². The second-order valence-corrected chi connectivity index (χ2v) is 6.71. The lowest BCUT2D eigenvalue weighted by atomic mass is 9.91. The van der Waals surface area contributed by atoms with Gasteiger partial charge in [0.05, 0.1) is 18.7 Å². The number of ether oxygens (including phenoxy) is 1. The van der Waals surface area contributed by atoms with E-state index < -0.39 is 5.97 Å². The van der Waals surface area contributed by atoms with Crippen molar-refractivity contribution in [3.8, 4) is 0 Å². The fraction of sp³-hybridized carbons (Fsp3) is 0.450. The van der Waals surface area contributed by atoms with Gasteiger partial charge in [0.1, 0.15) is 0 Å². The number of carboxylic acids is 1. The molecule has 1 fully saturated rings. The van der Waals surface area contributed by atoms with Gasteiger partial charge in [-0.2, -0.15) is 0 Å².